The second-order valence-electron chi connectivity index (χ2n) is 7.98. The number of likely N-dealkylation sites (N-methyl/N-ethyl adjacent to an activating group) is 1. The Hall–Kier alpha value is -1.59. The maximum atomic E-state index is 12.7. The van der Waals surface area contributed by atoms with Crippen molar-refractivity contribution in [2.24, 2.45) is 17.8 Å². The number of ether oxygens (including phenoxy) is 1. The first-order valence-corrected chi connectivity index (χ1v) is 9.40. The summed E-state index contributed by atoms with van der Waals surface area (Å²) in [6.45, 7) is 9.04. The molecular formula is C20H29N3O2. The second kappa shape index (κ2) is 6.61. The lowest BCUT2D eigenvalue weighted by atomic mass is 10.1. The van der Waals surface area contributed by atoms with Crippen LogP contribution in [0.15, 0.2) is 18.2 Å². The van der Waals surface area contributed by atoms with Gasteiger partial charge in [0.15, 0.2) is 0 Å². The van der Waals surface area contributed by atoms with E-state index < -0.39 is 0 Å². The standard InChI is InChI=1S/C20H29N3O2/c1-14-10-15(4-5-18(14)25-3)11-22-12-16-17(13-22)19(16)20(24)23-8-6-21(2)7-9-23/h4-5,10,16-17,19H,6-9,11-13H2,1-3H3/t16-,17+,19?. The Bertz CT molecular complexity index is 642. The SMILES string of the molecule is COc1ccc(CN2C[C@@H]3C(C(=O)N4CCN(C)CC4)[C@@H]3C2)cc1C. The van der Waals surface area contributed by atoms with Crippen molar-refractivity contribution in [3.8, 4) is 5.75 Å². The quantitative estimate of drug-likeness (QED) is 0.829. The summed E-state index contributed by atoms with van der Waals surface area (Å²) < 4.78 is 5.34. The number of likely N-dealkylation sites (tertiary alicyclic amines) is 1. The summed E-state index contributed by atoms with van der Waals surface area (Å²) in [7, 11) is 3.85. The monoisotopic (exact) mass is 343 g/mol. The molecule has 1 aromatic carbocycles. The lowest BCUT2D eigenvalue weighted by molar-refractivity contribution is -0.135. The van der Waals surface area contributed by atoms with Crippen LogP contribution in [0.4, 0.5) is 0 Å². The van der Waals surface area contributed by atoms with Gasteiger partial charge >= 0.3 is 0 Å². The highest BCUT2D eigenvalue weighted by Gasteiger charge is 2.60. The number of piperidine rings is 1. The Labute approximate surface area is 150 Å². The Morgan fingerprint density at radius 1 is 1.16 bits per heavy atom. The molecule has 5 nitrogen and oxygen atoms in total. The molecule has 5 heteroatoms. The van der Waals surface area contributed by atoms with Gasteiger partial charge in [-0.3, -0.25) is 9.69 Å². The van der Waals surface area contributed by atoms with Gasteiger partial charge in [-0.25, -0.2) is 0 Å². The molecule has 0 radical (unpaired) electrons. The lowest BCUT2D eigenvalue weighted by Gasteiger charge is -2.33. The third-order valence-electron chi connectivity index (χ3n) is 6.24. The van der Waals surface area contributed by atoms with Crippen molar-refractivity contribution in [1.82, 2.24) is 14.7 Å². The smallest absolute Gasteiger partial charge is 0.226 e. The van der Waals surface area contributed by atoms with Gasteiger partial charge in [-0.2, -0.15) is 0 Å². The molecule has 2 aliphatic heterocycles. The van der Waals surface area contributed by atoms with E-state index in [4.69, 9.17) is 4.74 Å². The highest BCUT2D eigenvalue weighted by atomic mass is 16.5. The molecule has 0 spiro atoms. The third kappa shape index (κ3) is 3.27. The summed E-state index contributed by atoms with van der Waals surface area (Å²) >= 11 is 0. The minimum absolute atomic E-state index is 0.303. The van der Waals surface area contributed by atoms with Crippen molar-refractivity contribution >= 4 is 5.91 Å². The molecule has 1 amide bonds. The molecule has 0 aromatic heterocycles. The van der Waals surface area contributed by atoms with Crippen molar-refractivity contribution in [3.63, 3.8) is 0 Å². The maximum absolute atomic E-state index is 12.7. The third-order valence-corrected chi connectivity index (χ3v) is 6.24. The van der Waals surface area contributed by atoms with Gasteiger partial charge in [-0.05, 0) is 43.0 Å². The van der Waals surface area contributed by atoms with E-state index >= 15 is 0 Å². The summed E-state index contributed by atoms with van der Waals surface area (Å²) in [5.41, 5.74) is 2.52. The highest BCUT2D eigenvalue weighted by molar-refractivity contribution is 5.82. The van der Waals surface area contributed by atoms with Crippen molar-refractivity contribution in [1.29, 1.82) is 0 Å². The molecule has 4 rings (SSSR count). The number of aryl methyl sites for hydroxylation is 1. The van der Waals surface area contributed by atoms with Crippen LogP contribution in [0.25, 0.3) is 0 Å². The van der Waals surface area contributed by atoms with E-state index in [1.807, 2.05) is 0 Å². The molecule has 3 atom stereocenters. The van der Waals surface area contributed by atoms with Crippen LogP contribution in [-0.2, 0) is 11.3 Å². The van der Waals surface area contributed by atoms with Crippen molar-refractivity contribution in [2.45, 2.75) is 13.5 Å². The number of carbonyl (C=O) groups is 1. The van der Waals surface area contributed by atoms with Crippen LogP contribution in [0.1, 0.15) is 11.1 Å². The summed E-state index contributed by atoms with van der Waals surface area (Å²) in [6.07, 6.45) is 0. The molecule has 2 heterocycles. The van der Waals surface area contributed by atoms with Gasteiger partial charge in [0.05, 0.1) is 7.11 Å². The molecule has 25 heavy (non-hydrogen) atoms. The van der Waals surface area contributed by atoms with Crippen molar-refractivity contribution < 1.29 is 9.53 Å². The molecule has 1 aromatic rings. The Kier molecular flexibility index (Phi) is 4.46. The first-order valence-electron chi connectivity index (χ1n) is 9.40. The fourth-order valence-corrected chi connectivity index (χ4v) is 4.64. The largest absolute Gasteiger partial charge is 0.496 e. The summed E-state index contributed by atoms with van der Waals surface area (Å²) in [5.74, 6) is 2.85. The molecule has 1 aliphatic carbocycles. The summed E-state index contributed by atoms with van der Waals surface area (Å²) in [4.78, 5) is 19.6. The summed E-state index contributed by atoms with van der Waals surface area (Å²) in [5, 5.41) is 0. The molecule has 0 bridgehead atoms. The van der Waals surface area contributed by atoms with Crippen LogP contribution in [0.3, 0.4) is 0 Å². The number of fused-ring (bicyclic) bond motifs is 1. The Morgan fingerprint density at radius 3 is 2.44 bits per heavy atom. The van der Waals surface area contributed by atoms with Crippen LogP contribution in [-0.4, -0.2) is 74.0 Å². The van der Waals surface area contributed by atoms with Gasteiger partial charge in [0, 0.05) is 51.7 Å². The molecule has 3 fully saturated rings. The van der Waals surface area contributed by atoms with Gasteiger partial charge in [-0.15, -0.1) is 0 Å². The molecule has 0 N–H and O–H groups in total. The van der Waals surface area contributed by atoms with Gasteiger partial charge in [0.2, 0.25) is 5.91 Å². The van der Waals surface area contributed by atoms with E-state index in [2.05, 4.69) is 46.9 Å². The second-order valence-corrected chi connectivity index (χ2v) is 7.98. The van der Waals surface area contributed by atoms with E-state index in [1.165, 1.54) is 11.1 Å². The van der Waals surface area contributed by atoms with E-state index in [0.717, 1.165) is 51.6 Å². The molecule has 2 saturated heterocycles. The molecule has 3 aliphatic rings. The number of hydrogen-bond donors (Lipinski definition) is 0. The van der Waals surface area contributed by atoms with Crippen LogP contribution < -0.4 is 4.74 Å². The number of hydrogen-bond acceptors (Lipinski definition) is 4. The topological polar surface area (TPSA) is 36.0 Å². The number of methoxy groups -OCH3 is 1. The fourth-order valence-electron chi connectivity index (χ4n) is 4.64. The van der Waals surface area contributed by atoms with Crippen LogP contribution in [0.2, 0.25) is 0 Å². The average Bonchev–Trinajstić information content (AvgIpc) is 3.10. The fraction of sp³-hybridized carbons (Fsp3) is 0.650. The minimum Gasteiger partial charge on any atom is -0.496 e. The average molecular weight is 343 g/mol. The minimum atomic E-state index is 0.303. The van der Waals surface area contributed by atoms with Gasteiger partial charge < -0.3 is 14.5 Å². The maximum Gasteiger partial charge on any atom is 0.226 e. The number of nitrogens with zero attached hydrogens (tertiary/aromatic N) is 3. The van der Waals surface area contributed by atoms with E-state index in [1.54, 1.807) is 7.11 Å². The zero-order chi connectivity index (χ0) is 17.6. The van der Waals surface area contributed by atoms with Crippen LogP contribution >= 0.6 is 0 Å². The normalized spacial score (nSPS) is 29.6. The number of amides is 1. The number of rotatable bonds is 4. The molecule has 136 valence electrons. The molecular weight excluding hydrogens is 314 g/mol. The lowest BCUT2D eigenvalue weighted by Crippen LogP contribution is -2.48. The number of carbonyl (C=O) groups excluding carboxylic acids is 1. The summed E-state index contributed by atoms with van der Waals surface area (Å²) in [6, 6.07) is 6.43. The van der Waals surface area contributed by atoms with Crippen molar-refractivity contribution in [2.75, 3.05) is 53.4 Å². The number of benzene rings is 1. The Balaban J connectivity index is 1.29. The van der Waals surface area contributed by atoms with Gasteiger partial charge in [-0.1, -0.05) is 12.1 Å². The van der Waals surface area contributed by atoms with Crippen molar-refractivity contribution in [3.05, 3.63) is 29.3 Å². The van der Waals surface area contributed by atoms with Gasteiger partial charge in [0.25, 0.3) is 0 Å². The predicted molar refractivity (Wildman–Crippen MR) is 97.6 cm³/mol. The first kappa shape index (κ1) is 16.9. The molecule has 1 unspecified atom stereocenters. The highest BCUT2D eigenvalue weighted by Crippen LogP contribution is 2.52. The Morgan fingerprint density at radius 2 is 1.84 bits per heavy atom. The van der Waals surface area contributed by atoms with E-state index in [-0.39, 0.29) is 0 Å². The van der Waals surface area contributed by atoms with Gasteiger partial charge in [0.1, 0.15) is 5.75 Å². The van der Waals surface area contributed by atoms with Crippen LogP contribution in [0.5, 0.6) is 5.75 Å². The van der Waals surface area contributed by atoms with E-state index in [0.29, 0.717) is 23.7 Å². The zero-order valence-electron chi connectivity index (χ0n) is 15.6. The predicted octanol–water partition coefficient (Wildman–Crippen LogP) is 1.46. The molecule has 1 saturated carbocycles. The number of piperazine rings is 1. The van der Waals surface area contributed by atoms with E-state index in [9.17, 15) is 4.79 Å². The zero-order valence-corrected chi connectivity index (χ0v) is 15.6. The first-order chi connectivity index (χ1) is 12.1. The van der Waals surface area contributed by atoms with Crippen LogP contribution in [0, 0.1) is 24.7 Å².